The zero-order chi connectivity index (χ0) is 21.0. The van der Waals surface area contributed by atoms with E-state index in [0.29, 0.717) is 13.0 Å². The van der Waals surface area contributed by atoms with Crippen LogP contribution >= 0.6 is 0 Å². The lowest BCUT2D eigenvalue weighted by atomic mass is 10.1. The molecule has 0 aromatic heterocycles. The molecule has 1 aliphatic rings. The van der Waals surface area contributed by atoms with Gasteiger partial charge in [-0.1, -0.05) is 29.8 Å². The van der Waals surface area contributed by atoms with Crippen LogP contribution in [-0.4, -0.2) is 55.2 Å². The van der Waals surface area contributed by atoms with Crippen LogP contribution < -0.4 is 4.74 Å². The number of aliphatic hydroxyl groups is 1. The van der Waals surface area contributed by atoms with E-state index < -0.39 is 15.9 Å². The monoisotopic (exact) mass is 421 g/mol. The number of rotatable bonds is 8. The first-order chi connectivity index (χ1) is 13.7. The number of ether oxygens (including phenoxy) is 1. The van der Waals surface area contributed by atoms with Crippen molar-refractivity contribution in [3.63, 3.8) is 0 Å². The topological polar surface area (TPSA) is 66.8 Å². The summed E-state index contributed by atoms with van der Waals surface area (Å²) in [6.07, 6.45) is -0.282. The standard InChI is InChI=1S/C22H28FNO4S/c1-16-6-7-22(17(2)10-16)28-14-21(25)13-24(20-8-9-29(26,27)15-20)12-18-4-3-5-19(23)11-18/h3-7,10-11,20-21,25H,8-9,12-15H2,1-2H3. The number of hydrogen-bond acceptors (Lipinski definition) is 5. The first-order valence-electron chi connectivity index (χ1n) is 9.79. The molecule has 2 aromatic carbocycles. The Labute approximate surface area is 172 Å². The highest BCUT2D eigenvalue weighted by atomic mass is 32.2. The Bertz CT molecular complexity index is 948. The summed E-state index contributed by atoms with van der Waals surface area (Å²) in [6.45, 7) is 4.68. The maximum atomic E-state index is 13.6. The molecule has 0 aliphatic carbocycles. The lowest BCUT2D eigenvalue weighted by Gasteiger charge is -2.30. The van der Waals surface area contributed by atoms with Crippen LogP contribution in [0.5, 0.6) is 5.75 Å². The first-order valence-corrected chi connectivity index (χ1v) is 11.6. The van der Waals surface area contributed by atoms with Crippen molar-refractivity contribution >= 4 is 9.84 Å². The van der Waals surface area contributed by atoms with E-state index in [9.17, 15) is 17.9 Å². The van der Waals surface area contributed by atoms with Crippen molar-refractivity contribution in [1.82, 2.24) is 4.90 Å². The molecule has 5 nitrogen and oxygen atoms in total. The van der Waals surface area contributed by atoms with Crippen LogP contribution in [0.2, 0.25) is 0 Å². The summed E-state index contributed by atoms with van der Waals surface area (Å²) >= 11 is 0. The summed E-state index contributed by atoms with van der Waals surface area (Å²) in [5.41, 5.74) is 2.88. The molecule has 0 amide bonds. The van der Waals surface area contributed by atoms with Crippen LogP contribution in [0.25, 0.3) is 0 Å². The molecule has 0 spiro atoms. The van der Waals surface area contributed by atoms with Gasteiger partial charge in [-0.05, 0) is 49.6 Å². The second-order valence-electron chi connectivity index (χ2n) is 7.85. The summed E-state index contributed by atoms with van der Waals surface area (Å²) in [6, 6.07) is 11.9. The number of nitrogens with zero attached hydrogens (tertiary/aromatic N) is 1. The smallest absolute Gasteiger partial charge is 0.151 e. The first kappa shape index (κ1) is 21.7. The van der Waals surface area contributed by atoms with Crippen LogP contribution in [0.1, 0.15) is 23.1 Å². The minimum absolute atomic E-state index is 0.0625. The SMILES string of the molecule is Cc1ccc(OCC(O)CN(Cc2cccc(F)c2)C2CCS(=O)(=O)C2)c(C)c1. The fourth-order valence-corrected chi connectivity index (χ4v) is 5.51. The predicted octanol–water partition coefficient (Wildman–Crippen LogP) is 2.87. The molecule has 1 saturated heterocycles. The van der Waals surface area contributed by atoms with Crippen molar-refractivity contribution < 1.29 is 22.7 Å². The summed E-state index contributed by atoms with van der Waals surface area (Å²) in [4.78, 5) is 1.93. The van der Waals surface area contributed by atoms with Gasteiger partial charge in [-0.2, -0.15) is 0 Å². The fourth-order valence-electron chi connectivity index (χ4n) is 3.75. The molecule has 1 fully saturated rings. The van der Waals surface area contributed by atoms with Gasteiger partial charge >= 0.3 is 0 Å². The zero-order valence-corrected chi connectivity index (χ0v) is 17.7. The molecule has 158 valence electrons. The summed E-state index contributed by atoms with van der Waals surface area (Å²) in [5.74, 6) is 0.592. The minimum Gasteiger partial charge on any atom is -0.491 e. The van der Waals surface area contributed by atoms with E-state index in [1.165, 1.54) is 12.1 Å². The number of aliphatic hydroxyl groups excluding tert-OH is 1. The number of hydrogen-bond donors (Lipinski definition) is 1. The number of aryl methyl sites for hydroxylation is 2. The quantitative estimate of drug-likeness (QED) is 0.710. The molecule has 2 unspecified atom stereocenters. The van der Waals surface area contributed by atoms with E-state index in [-0.39, 0.29) is 36.5 Å². The normalized spacial score (nSPS) is 19.4. The third-order valence-corrected chi connectivity index (χ3v) is 6.96. The molecule has 1 N–H and O–H groups in total. The average molecular weight is 422 g/mol. The highest BCUT2D eigenvalue weighted by molar-refractivity contribution is 7.91. The lowest BCUT2D eigenvalue weighted by Crippen LogP contribution is -2.42. The Kier molecular flexibility index (Phi) is 6.93. The molecule has 1 heterocycles. The Morgan fingerprint density at radius 2 is 2.03 bits per heavy atom. The van der Waals surface area contributed by atoms with E-state index >= 15 is 0 Å². The van der Waals surface area contributed by atoms with Gasteiger partial charge in [0.1, 0.15) is 24.3 Å². The van der Waals surface area contributed by atoms with Crippen molar-refractivity contribution in [3.8, 4) is 5.75 Å². The van der Waals surface area contributed by atoms with E-state index in [0.717, 1.165) is 22.4 Å². The van der Waals surface area contributed by atoms with Crippen molar-refractivity contribution in [2.75, 3.05) is 24.7 Å². The van der Waals surface area contributed by atoms with Gasteiger partial charge in [0.05, 0.1) is 11.5 Å². The molecular weight excluding hydrogens is 393 g/mol. The van der Waals surface area contributed by atoms with E-state index in [1.807, 2.05) is 36.9 Å². The molecule has 1 aliphatic heterocycles. The second kappa shape index (κ2) is 9.24. The minimum atomic E-state index is -3.07. The molecular formula is C22H28FNO4S. The summed E-state index contributed by atoms with van der Waals surface area (Å²) in [7, 11) is -3.07. The van der Waals surface area contributed by atoms with Gasteiger partial charge in [-0.15, -0.1) is 0 Å². The van der Waals surface area contributed by atoms with Crippen molar-refractivity contribution in [2.45, 2.75) is 39.0 Å². The summed E-state index contributed by atoms with van der Waals surface area (Å²) in [5, 5.41) is 10.6. The van der Waals surface area contributed by atoms with Crippen LogP contribution in [0.4, 0.5) is 4.39 Å². The largest absolute Gasteiger partial charge is 0.491 e. The van der Waals surface area contributed by atoms with Crippen LogP contribution in [0.3, 0.4) is 0 Å². The molecule has 2 atom stereocenters. The van der Waals surface area contributed by atoms with Gasteiger partial charge in [0.15, 0.2) is 9.84 Å². The molecule has 0 saturated carbocycles. The predicted molar refractivity (Wildman–Crippen MR) is 111 cm³/mol. The van der Waals surface area contributed by atoms with Gasteiger partial charge in [0.25, 0.3) is 0 Å². The Hall–Kier alpha value is -1.96. The molecule has 29 heavy (non-hydrogen) atoms. The Balaban J connectivity index is 1.66. The third kappa shape index (κ3) is 6.26. The maximum absolute atomic E-state index is 13.6. The Morgan fingerprint density at radius 3 is 2.69 bits per heavy atom. The summed E-state index contributed by atoms with van der Waals surface area (Å²) < 4.78 is 43.2. The zero-order valence-electron chi connectivity index (χ0n) is 16.8. The van der Waals surface area contributed by atoms with Gasteiger partial charge in [0, 0.05) is 19.1 Å². The number of benzene rings is 2. The van der Waals surface area contributed by atoms with Gasteiger partial charge in [0.2, 0.25) is 0 Å². The van der Waals surface area contributed by atoms with Gasteiger partial charge in [-0.25, -0.2) is 12.8 Å². The maximum Gasteiger partial charge on any atom is 0.151 e. The molecule has 0 radical (unpaired) electrons. The average Bonchev–Trinajstić information content (AvgIpc) is 3.00. The van der Waals surface area contributed by atoms with E-state index in [2.05, 4.69) is 0 Å². The number of sulfone groups is 1. The molecule has 3 rings (SSSR count). The van der Waals surface area contributed by atoms with Gasteiger partial charge in [-0.3, -0.25) is 4.90 Å². The Morgan fingerprint density at radius 1 is 1.24 bits per heavy atom. The van der Waals surface area contributed by atoms with Gasteiger partial charge < -0.3 is 9.84 Å². The van der Waals surface area contributed by atoms with Crippen molar-refractivity contribution in [3.05, 3.63) is 65.0 Å². The highest BCUT2D eigenvalue weighted by Gasteiger charge is 2.33. The van der Waals surface area contributed by atoms with Crippen molar-refractivity contribution in [2.24, 2.45) is 0 Å². The van der Waals surface area contributed by atoms with Crippen LogP contribution in [0, 0.1) is 19.7 Å². The van der Waals surface area contributed by atoms with Crippen LogP contribution in [0.15, 0.2) is 42.5 Å². The van der Waals surface area contributed by atoms with E-state index in [4.69, 9.17) is 4.74 Å². The fraction of sp³-hybridized carbons (Fsp3) is 0.455. The van der Waals surface area contributed by atoms with Crippen LogP contribution in [-0.2, 0) is 16.4 Å². The second-order valence-corrected chi connectivity index (χ2v) is 10.1. The van der Waals surface area contributed by atoms with Crippen molar-refractivity contribution in [1.29, 1.82) is 0 Å². The molecule has 2 aromatic rings. The molecule has 7 heteroatoms. The highest BCUT2D eigenvalue weighted by Crippen LogP contribution is 2.22. The third-order valence-electron chi connectivity index (χ3n) is 5.21. The number of halogens is 1. The van der Waals surface area contributed by atoms with E-state index in [1.54, 1.807) is 12.1 Å². The lowest BCUT2D eigenvalue weighted by molar-refractivity contribution is 0.0522. The molecule has 0 bridgehead atoms.